The minimum absolute atomic E-state index is 0.154. The summed E-state index contributed by atoms with van der Waals surface area (Å²) in [5, 5.41) is 21.3. The number of pyridine rings is 1. The Bertz CT molecular complexity index is 1340. The highest BCUT2D eigenvalue weighted by atomic mass is 16.5. The third kappa shape index (κ3) is 4.92. The Labute approximate surface area is 197 Å². The van der Waals surface area contributed by atoms with Crippen LogP contribution in [0.4, 0.5) is 5.95 Å². The van der Waals surface area contributed by atoms with Gasteiger partial charge in [0, 0.05) is 17.9 Å². The number of ether oxygens (including phenoxy) is 1. The van der Waals surface area contributed by atoms with E-state index in [0.717, 1.165) is 36.4 Å². The van der Waals surface area contributed by atoms with E-state index >= 15 is 0 Å². The number of hydrogen-bond acceptors (Lipinski definition) is 8. The Morgan fingerprint density at radius 1 is 1.06 bits per heavy atom. The second-order valence-corrected chi connectivity index (χ2v) is 8.13. The van der Waals surface area contributed by atoms with Gasteiger partial charge in [0.05, 0.1) is 54.1 Å². The number of aryl methyl sites for hydroxylation is 1. The van der Waals surface area contributed by atoms with Crippen LogP contribution in [0.5, 0.6) is 0 Å². The lowest BCUT2D eigenvalue weighted by atomic mass is 10.1. The molecule has 4 heterocycles. The zero-order valence-corrected chi connectivity index (χ0v) is 18.8. The number of nitrogens with one attached hydrogen (secondary N) is 1. The van der Waals surface area contributed by atoms with Crippen LogP contribution < -0.4 is 5.32 Å². The van der Waals surface area contributed by atoms with Gasteiger partial charge < -0.3 is 10.1 Å². The molecule has 1 aliphatic rings. The lowest BCUT2D eigenvalue weighted by Gasteiger charge is -2.13. The molecular weight excluding hydrogens is 428 g/mol. The number of benzene rings is 1. The highest BCUT2D eigenvalue weighted by Crippen LogP contribution is 2.25. The first-order valence-corrected chi connectivity index (χ1v) is 11.3. The second kappa shape index (κ2) is 9.77. The van der Waals surface area contributed by atoms with Crippen molar-refractivity contribution in [2.45, 2.75) is 32.4 Å². The zero-order chi connectivity index (χ0) is 23.3. The fourth-order valence-corrected chi connectivity index (χ4v) is 3.84. The SMILES string of the molecule is CCc1cccc(Cn2cc(-c3cc(-c4cccc(C#N)c4)nc(N[C@@H]4CCOC4)n3)nn2)n1. The Kier molecular flexibility index (Phi) is 6.23. The molecule has 0 aliphatic carbocycles. The van der Waals surface area contributed by atoms with Crippen LogP contribution >= 0.6 is 0 Å². The molecule has 34 heavy (non-hydrogen) atoms. The van der Waals surface area contributed by atoms with Gasteiger partial charge in [-0.25, -0.2) is 14.6 Å². The largest absolute Gasteiger partial charge is 0.379 e. The van der Waals surface area contributed by atoms with Crippen LogP contribution in [0.1, 0.15) is 30.3 Å². The number of hydrogen-bond donors (Lipinski definition) is 1. The van der Waals surface area contributed by atoms with E-state index in [4.69, 9.17) is 14.7 Å². The summed E-state index contributed by atoms with van der Waals surface area (Å²) in [6.45, 7) is 3.94. The average molecular weight is 453 g/mol. The van der Waals surface area contributed by atoms with Gasteiger partial charge in [-0.1, -0.05) is 30.3 Å². The third-order valence-electron chi connectivity index (χ3n) is 5.63. The molecule has 1 aliphatic heterocycles. The molecule has 1 aromatic carbocycles. The topological polar surface area (TPSA) is 114 Å². The highest BCUT2D eigenvalue weighted by molar-refractivity contribution is 5.68. The maximum Gasteiger partial charge on any atom is 0.224 e. The van der Waals surface area contributed by atoms with Crippen molar-refractivity contribution in [2.24, 2.45) is 0 Å². The van der Waals surface area contributed by atoms with Crippen molar-refractivity contribution in [2.75, 3.05) is 18.5 Å². The smallest absolute Gasteiger partial charge is 0.224 e. The van der Waals surface area contributed by atoms with E-state index in [1.165, 1.54) is 0 Å². The lowest BCUT2D eigenvalue weighted by molar-refractivity contribution is 0.195. The van der Waals surface area contributed by atoms with Crippen LogP contribution in [0.2, 0.25) is 0 Å². The first-order valence-electron chi connectivity index (χ1n) is 11.3. The first kappa shape index (κ1) is 21.7. The number of anilines is 1. The molecule has 0 unspecified atom stereocenters. The van der Waals surface area contributed by atoms with Gasteiger partial charge >= 0.3 is 0 Å². The Balaban J connectivity index is 1.48. The van der Waals surface area contributed by atoms with Gasteiger partial charge in [-0.3, -0.25) is 4.98 Å². The number of rotatable bonds is 7. The summed E-state index contributed by atoms with van der Waals surface area (Å²) >= 11 is 0. The summed E-state index contributed by atoms with van der Waals surface area (Å²) in [7, 11) is 0. The normalized spacial score (nSPS) is 15.2. The molecule has 0 spiro atoms. The standard InChI is InChI=1S/C25H24N8O/c1-2-19-7-4-8-20(27-19)14-33-15-24(31-32-33)23-12-22(18-6-3-5-17(11-18)13-26)29-25(30-23)28-21-9-10-34-16-21/h3-8,11-12,15,21H,2,9-10,14,16H2,1H3,(H,28,29,30)/t21-/m1/s1. The van der Waals surface area contributed by atoms with Gasteiger partial charge in [0.1, 0.15) is 5.69 Å². The van der Waals surface area contributed by atoms with Crippen LogP contribution in [-0.4, -0.2) is 49.2 Å². The monoisotopic (exact) mass is 452 g/mol. The molecule has 0 amide bonds. The van der Waals surface area contributed by atoms with E-state index in [2.05, 4.69) is 33.6 Å². The Morgan fingerprint density at radius 2 is 1.91 bits per heavy atom. The fourth-order valence-electron chi connectivity index (χ4n) is 3.84. The van der Waals surface area contributed by atoms with Crippen molar-refractivity contribution in [3.8, 4) is 28.7 Å². The van der Waals surface area contributed by atoms with Crippen LogP contribution in [0.3, 0.4) is 0 Å². The van der Waals surface area contributed by atoms with Gasteiger partial charge in [-0.2, -0.15) is 5.26 Å². The molecule has 1 atom stereocenters. The first-order chi connectivity index (χ1) is 16.7. The van der Waals surface area contributed by atoms with Crippen molar-refractivity contribution in [1.82, 2.24) is 29.9 Å². The molecule has 1 fully saturated rings. The van der Waals surface area contributed by atoms with Crippen LogP contribution in [0, 0.1) is 11.3 Å². The summed E-state index contributed by atoms with van der Waals surface area (Å²) in [4.78, 5) is 14.1. The summed E-state index contributed by atoms with van der Waals surface area (Å²) < 4.78 is 7.24. The van der Waals surface area contributed by atoms with Gasteiger partial charge in [-0.05, 0) is 43.2 Å². The lowest BCUT2D eigenvalue weighted by Crippen LogP contribution is -2.20. The Hall–Kier alpha value is -4.16. The minimum Gasteiger partial charge on any atom is -0.379 e. The van der Waals surface area contributed by atoms with Crippen LogP contribution in [-0.2, 0) is 17.7 Å². The summed E-state index contributed by atoms with van der Waals surface area (Å²) in [5.74, 6) is 0.497. The van der Waals surface area contributed by atoms with Crippen LogP contribution in [0.15, 0.2) is 54.7 Å². The molecule has 3 aromatic heterocycles. The molecule has 4 aromatic rings. The van der Waals surface area contributed by atoms with E-state index in [9.17, 15) is 5.26 Å². The maximum atomic E-state index is 9.31. The predicted molar refractivity (Wildman–Crippen MR) is 127 cm³/mol. The number of nitriles is 1. The average Bonchev–Trinajstić information content (AvgIpc) is 3.56. The van der Waals surface area contributed by atoms with Crippen molar-refractivity contribution in [1.29, 1.82) is 5.26 Å². The zero-order valence-electron chi connectivity index (χ0n) is 18.8. The summed E-state index contributed by atoms with van der Waals surface area (Å²) in [5.41, 5.74) is 5.37. The molecular formula is C25H24N8O. The van der Waals surface area contributed by atoms with Gasteiger partial charge in [0.2, 0.25) is 5.95 Å². The van der Waals surface area contributed by atoms with E-state index in [-0.39, 0.29) is 6.04 Å². The van der Waals surface area contributed by atoms with Crippen molar-refractivity contribution < 1.29 is 4.74 Å². The quantitative estimate of drug-likeness (QED) is 0.453. The molecule has 1 saturated heterocycles. The summed E-state index contributed by atoms with van der Waals surface area (Å²) in [6.07, 6.45) is 3.64. The predicted octanol–water partition coefficient (Wildman–Crippen LogP) is 3.48. The van der Waals surface area contributed by atoms with Crippen molar-refractivity contribution >= 4 is 5.95 Å². The van der Waals surface area contributed by atoms with E-state index in [0.29, 0.717) is 41.7 Å². The van der Waals surface area contributed by atoms with E-state index in [1.54, 1.807) is 10.7 Å². The van der Waals surface area contributed by atoms with E-state index < -0.39 is 0 Å². The van der Waals surface area contributed by atoms with E-state index in [1.807, 2.05) is 48.7 Å². The minimum atomic E-state index is 0.154. The van der Waals surface area contributed by atoms with Crippen LogP contribution in [0.25, 0.3) is 22.6 Å². The fraction of sp³-hybridized carbons (Fsp3) is 0.280. The van der Waals surface area contributed by atoms with Gasteiger partial charge in [-0.15, -0.1) is 5.10 Å². The molecule has 0 saturated carbocycles. The third-order valence-corrected chi connectivity index (χ3v) is 5.63. The highest BCUT2D eigenvalue weighted by Gasteiger charge is 2.18. The summed E-state index contributed by atoms with van der Waals surface area (Å²) in [6, 6.07) is 17.6. The van der Waals surface area contributed by atoms with Gasteiger partial charge in [0.25, 0.3) is 0 Å². The van der Waals surface area contributed by atoms with Crippen molar-refractivity contribution in [3.63, 3.8) is 0 Å². The molecule has 9 nitrogen and oxygen atoms in total. The second-order valence-electron chi connectivity index (χ2n) is 8.13. The number of aromatic nitrogens is 6. The molecule has 170 valence electrons. The number of nitrogens with zero attached hydrogens (tertiary/aromatic N) is 7. The maximum absolute atomic E-state index is 9.31. The van der Waals surface area contributed by atoms with Gasteiger partial charge in [0.15, 0.2) is 0 Å². The Morgan fingerprint density at radius 3 is 2.74 bits per heavy atom. The molecule has 0 radical (unpaired) electrons. The van der Waals surface area contributed by atoms with Crippen molar-refractivity contribution in [3.05, 3.63) is 71.7 Å². The molecule has 9 heteroatoms. The molecule has 1 N–H and O–H groups in total. The molecule has 5 rings (SSSR count). The molecule has 0 bridgehead atoms.